The quantitative estimate of drug-likeness (QED) is 0.748. The summed E-state index contributed by atoms with van der Waals surface area (Å²) in [4.78, 5) is 33.1. The van der Waals surface area contributed by atoms with Crippen molar-refractivity contribution in [3.05, 3.63) is 69.2 Å². The largest absolute Gasteiger partial charge is 0.327 e. The number of benzene rings is 1. The fourth-order valence-corrected chi connectivity index (χ4v) is 3.05. The van der Waals surface area contributed by atoms with Crippen molar-refractivity contribution >= 4 is 34.1 Å². The van der Waals surface area contributed by atoms with E-state index in [9.17, 15) is 9.59 Å². The van der Waals surface area contributed by atoms with Gasteiger partial charge in [-0.1, -0.05) is 23.7 Å². The molecule has 1 aliphatic rings. The molecule has 1 aromatic carbocycles. The molecule has 0 atom stereocenters. The zero-order valence-corrected chi connectivity index (χ0v) is 12.8. The number of aromatic nitrogens is 2. The van der Waals surface area contributed by atoms with Gasteiger partial charge in [-0.2, -0.15) is 0 Å². The maximum Gasteiger partial charge on any atom is 0.276 e. The fourth-order valence-electron chi connectivity index (χ4n) is 2.88. The highest BCUT2D eigenvalue weighted by atomic mass is 35.5. The lowest BCUT2D eigenvalue weighted by atomic mass is 10.2. The van der Waals surface area contributed by atoms with Gasteiger partial charge < -0.3 is 9.88 Å². The number of anilines is 1. The molecule has 2 aromatic heterocycles. The molecule has 0 radical (unpaired) electrons. The Bertz CT molecular complexity index is 997. The number of nitrogens with one attached hydrogen (secondary N) is 1. The predicted octanol–water partition coefficient (Wildman–Crippen LogP) is 2.78. The monoisotopic (exact) mass is 325 g/mol. The van der Waals surface area contributed by atoms with Gasteiger partial charge in [-0.3, -0.25) is 9.59 Å². The lowest BCUT2D eigenvalue weighted by Gasteiger charge is -2.17. The molecular weight excluding hydrogens is 314 g/mol. The van der Waals surface area contributed by atoms with Crippen LogP contribution >= 0.6 is 11.6 Å². The third kappa shape index (κ3) is 2.29. The van der Waals surface area contributed by atoms with E-state index in [1.807, 2.05) is 12.1 Å². The molecule has 3 aromatic rings. The molecule has 114 valence electrons. The highest BCUT2D eigenvalue weighted by Crippen LogP contribution is 2.31. The van der Waals surface area contributed by atoms with Gasteiger partial charge in [-0.15, -0.1) is 0 Å². The normalized spacial score (nSPS) is 13.3. The Balaban J connectivity index is 1.78. The van der Waals surface area contributed by atoms with Crippen LogP contribution in [0.15, 0.2) is 47.4 Å². The van der Waals surface area contributed by atoms with E-state index in [-0.39, 0.29) is 22.7 Å². The molecule has 0 spiro atoms. The number of carbonyl (C=O) groups is 1. The SMILES string of the molecule is O=C(c1ccc2cc[nH]c(=O)c2n1)N1CCc2ccc(Cl)cc21. The lowest BCUT2D eigenvalue weighted by Crippen LogP contribution is -2.30. The van der Waals surface area contributed by atoms with Crippen molar-refractivity contribution in [2.24, 2.45) is 0 Å². The summed E-state index contributed by atoms with van der Waals surface area (Å²) in [5.74, 6) is -0.226. The van der Waals surface area contributed by atoms with Gasteiger partial charge in [-0.05, 0) is 36.2 Å². The second kappa shape index (κ2) is 5.21. The van der Waals surface area contributed by atoms with E-state index in [4.69, 9.17) is 11.6 Å². The highest BCUT2D eigenvalue weighted by molar-refractivity contribution is 6.31. The minimum absolute atomic E-state index is 0.226. The number of carbonyl (C=O) groups excluding carboxylic acids is 1. The van der Waals surface area contributed by atoms with E-state index in [0.29, 0.717) is 17.0 Å². The first-order chi connectivity index (χ1) is 11.1. The lowest BCUT2D eigenvalue weighted by molar-refractivity contribution is 0.0985. The summed E-state index contributed by atoms with van der Waals surface area (Å²) >= 11 is 6.04. The Kier molecular flexibility index (Phi) is 3.16. The van der Waals surface area contributed by atoms with Gasteiger partial charge in [0.2, 0.25) is 0 Å². The number of hydrogen-bond acceptors (Lipinski definition) is 3. The maximum absolute atomic E-state index is 12.8. The Morgan fingerprint density at radius 1 is 1.22 bits per heavy atom. The number of hydrogen-bond donors (Lipinski definition) is 1. The summed E-state index contributed by atoms with van der Waals surface area (Å²) in [7, 11) is 0. The van der Waals surface area contributed by atoms with Crippen molar-refractivity contribution in [3.63, 3.8) is 0 Å². The number of halogens is 1. The van der Waals surface area contributed by atoms with E-state index >= 15 is 0 Å². The van der Waals surface area contributed by atoms with Crippen LogP contribution in [-0.2, 0) is 6.42 Å². The van der Waals surface area contributed by atoms with Crippen molar-refractivity contribution < 1.29 is 4.79 Å². The number of nitrogens with zero attached hydrogens (tertiary/aromatic N) is 2. The first kappa shape index (κ1) is 14.0. The predicted molar refractivity (Wildman–Crippen MR) is 89.2 cm³/mol. The number of amides is 1. The number of rotatable bonds is 1. The molecule has 1 amide bonds. The molecule has 4 rings (SSSR count). The van der Waals surface area contributed by atoms with Crippen LogP contribution in [0.3, 0.4) is 0 Å². The van der Waals surface area contributed by atoms with Crippen molar-refractivity contribution in [3.8, 4) is 0 Å². The van der Waals surface area contributed by atoms with Crippen LogP contribution < -0.4 is 10.5 Å². The number of fused-ring (bicyclic) bond motifs is 2. The summed E-state index contributed by atoms with van der Waals surface area (Å²) in [6.45, 7) is 0.583. The molecule has 5 nitrogen and oxygen atoms in total. The summed E-state index contributed by atoms with van der Waals surface area (Å²) in [6.07, 6.45) is 2.35. The zero-order chi connectivity index (χ0) is 16.0. The Morgan fingerprint density at radius 2 is 2.09 bits per heavy atom. The average Bonchev–Trinajstić information content (AvgIpc) is 2.97. The first-order valence-corrected chi connectivity index (χ1v) is 7.60. The smallest absolute Gasteiger partial charge is 0.276 e. The van der Waals surface area contributed by atoms with Crippen molar-refractivity contribution in [2.75, 3.05) is 11.4 Å². The molecule has 0 unspecified atom stereocenters. The van der Waals surface area contributed by atoms with E-state index in [0.717, 1.165) is 17.7 Å². The van der Waals surface area contributed by atoms with E-state index in [1.165, 1.54) is 0 Å². The molecule has 3 heterocycles. The maximum atomic E-state index is 12.8. The molecule has 0 bridgehead atoms. The van der Waals surface area contributed by atoms with Crippen LogP contribution in [0.1, 0.15) is 16.1 Å². The van der Waals surface area contributed by atoms with Crippen LogP contribution in [0.2, 0.25) is 5.02 Å². The molecule has 23 heavy (non-hydrogen) atoms. The van der Waals surface area contributed by atoms with Crippen LogP contribution in [0.5, 0.6) is 0 Å². The molecule has 0 fully saturated rings. The van der Waals surface area contributed by atoms with Crippen LogP contribution in [0.25, 0.3) is 10.9 Å². The third-order valence-electron chi connectivity index (χ3n) is 4.03. The van der Waals surface area contributed by atoms with Gasteiger partial charge >= 0.3 is 0 Å². The molecule has 0 aliphatic carbocycles. The summed E-state index contributed by atoms with van der Waals surface area (Å²) in [6, 6.07) is 10.7. The Hall–Kier alpha value is -2.66. The second-order valence-corrected chi connectivity index (χ2v) is 5.86. The van der Waals surface area contributed by atoms with Gasteiger partial charge in [-0.25, -0.2) is 4.98 Å². The second-order valence-electron chi connectivity index (χ2n) is 5.42. The van der Waals surface area contributed by atoms with Crippen molar-refractivity contribution in [1.29, 1.82) is 0 Å². The van der Waals surface area contributed by atoms with Crippen molar-refractivity contribution in [2.45, 2.75) is 6.42 Å². The molecule has 0 saturated heterocycles. The molecule has 6 heteroatoms. The molecular formula is C17H12ClN3O2. The fraction of sp³-hybridized carbons (Fsp3) is 0.118. The summed E-state index contributed by atoms with van der Waals surface area (Å²) in [5.41, 5.74) is 2.11. The molecule has 1 N–H and O–H groups in total. The van der Waals surface area contributed by atoms with E-state index in [1.54, 1.807) is 35.4 Å². The molecule has 0 saturated carbocycles. The van der Waals surface area contributed by atoms with Gasteiger partial charge in [0.1, 0.15) is 11.2 Å². The van der Waals surface area contributed by atoms with Gasteiger partial charge in [0.05, 0.1) is 0 Å². The highest BCUT2D eigenvalue weighted by Gasteiger charge is 2.26. The van der Waals surface area contributed by atoms with Crippen molar-refractivity contribution in [1.82, 2.24) is 9.97 Å². The summed E-state index contributed by atoms with van der Waals surface area (Å²) < 4.78 is 0. The van der Waals surface area contributed by atoms with Gasteiger partial charge in [0, 0.05) is 28.8 Å². The van der Waals surface area contributed by atoms with E-state index < -0.39 is 0 Å². The number of H-pyrrole nitrogens is 1. The van der Waals surface area contributed by atoms with E-state index in [2.05, 4.69) is 9.97 Å². The van der Waals surface area contributed by atoms with Crippen LogP contribution in [0, 0.1) is 0 Å². The average molecular weight is 326 g/mol. The molecule has 1 aliphatic heterocycles. The Labute approximate surface area is 136 Å². The summed E-state index contributed by atoms with van der Waals surface area (Å²) in [5, 5.41) is 1.29. The van der Waals surface area contributed by atoms with Crippen LogP contribution in [0.4, 0.5) is 5.69 Å². The number of aromatic amines is 1. The topological polar surface area (TPSA) is 66.1 Å². The minimum atomic E-state index is -0.304. The van der Waals surface area contributed by atoms with Gasteiger partial charge in [0.15, 0.2) is 0 Å². The van der Waals surface area contributed by atoms with Crippen LogP contribution in [-0.4, -0.2) is 22.4 Å². The standard InChI is InChI=1S/C17H12ClN3O2/c18-12-3-1-10-6-8-21(14(10)9-12)17(23)13-4-2-11-5-7-19-16(22)15(11)20-13/h1-5,7,9H,6,8H2,(H,19,22). The third-order valence-corrected chi connectivity index (χ3v) is 4.26. The first-order valence-electron chi connectivity index (χ1n) is 7.22. The zero-order valence-electron chi connectivity index (χ0n) is 12.0. The van der Waals surface area contributed by atoms with Gasteiger partial charge in [0.25, 0.3) is 11.5 Å². The number of pyridine rings is 2. The Morgan fingerprint density at radius 3 is 2.96 bits per heavy atom. The minimum Gasteiger partial charge on any atom is -0.327 e.